The second-order valence-electron chi connectivity index (χ2n) is 6.46. The molecule has 0 saturated heterocycles. The SMILES string of the molecule is C=CCN(c1ccc(C(C)NCCC)cc1Cl)C(C)(C)C. The van der Waals surface area contributed by atoms with E-state index >= 15 is 0 Å². The molecule has 118 valence electrons. The number of hydrogen-bond donors (Lipinski definition) is 1. The number of hydrogen-bond acceptors (Lipinski definition) is 2. The summed E-state index contributed by atoms with van der Waals surface area (Å²) in [6, 6.07) is 6.68. The molecule has 0 aliphatic carbocycles. The fourth-order valence-electron chi connectivity index (χ4n) is 2.35. The highest BCUT2D eigenvalue weighted by Gasteiger charge is 2.22. The van der Waals surface area contributed by atoms with Crippen LogP contribution in [0.4, 0.5) is 5.69 Å². The molecule has 0 radical (unpaired) electrons. The average molecular weight is 309 g/mol. The molecule has 1 aromatic rings. The Bertz CT molecular complexity index is 463. The molecule has 1 rings (SSSR count). The molecule has 0 spiro atoms. The van der Waals surface area contributed by atoms with E-state index < -0.39 is 0 Å². The molecule has 0 heterocycles. The Labute approximate surface area is 135 Å². The van der Waals surface area contributed by atoms with Gasteiger partial charge in [-0.05, 0) is 58.4 Å². The molecule has 0 saturated carbocycles. The molecular formula is C18H29ClN2. The van der Waals surface area contributed by atoms with Crippen molar-refractivity contribution in [3.05, 3.63) is 41.4 Å². The third-order valence-electron chi connectivity index (χ3n) is 3.58. The third kappa shape index (κ3) is 5.05. The first-order valence-corrected chi connectivity index (χ1v) is 8.10. The summed E-state index contributed by atoms with van der Waals surface area (Å²) in [5.74, 6) is 0. The van der Waals surface area contributed by atoms with Gasteiger partial charge in [0, 0.05) is 18.1 Å². The number of benzene rings is 1. The summed E-state index contributed by atoms with van der Waals surface area (Å²) < 4.78 is 0. The van der Waals surface area contributed by atoms with Crippen molar-refractivity contribution in [3.8, 4) is 0 Å². The lowest BCUT2D eigenvalue weighted by atomic mass is 10.0. The maximum atomic E-state index is 6.54. The highest BCUT2D eigenvalue weighted by Crippen LogP contribution is 2.33. The van der Waals surface area contributed by atoms with Crippen LogP contribution in [0.15, 0.2) is 30.9 Å². The van der Waals surface area contributed by atoms with Crippen LogP contribution in [0.2, 0.25) is 5.02 Å². The molecule has 0 aromatic heterocycles. The molecule has 2 nitrogen and oxygen atoms in total. The van der Waals surface area contributed by atoms with E-state index in [1.54, 1.807) is 0 Å². The average Bonchev–Trinajstić information content (AvgIpc) is 2.41. The topological polar surface area (TPSA) is 15.3 Å². The van der Waals surface area contributed by atoms with Crippen molar-refractivity contribution in [2.45, 2.75) is 52.6 Å². The van der Waals surface area contributed by atoms with Gasteiger partial charge in [0.2, 0.25) is 0 Å². The van der Waals surface area contributed by atoms with Gasteiger partial charge >= 0.3 is 0 Å². The van der Waals surface area contributed by atoms with Crippen LogP contribution in [0.25, 0.3) is 0 Å². The van der Waals surface area contributed by atoms with Crippen molar-refractivity contribution in [2.75, 3.05) is 18.0 Å². The molecule has 1 unspecified atom stereocenters. The number of halogens is 1. The Morgan fingerprint density at radius 2 is 2.05 bits per heavy atom. The van der Waals surface area contributed by atoms with Crippen LogP contribution in [0, 0.1) is 0 Å². The molecule has 0 aliphatic heterocycles. The van der Waals surface area contributed by atoms with Crippen LogP contribution >= 0.6 is 11.6 Å². The quantitative estimate of drug-likeness (QED) is 0.697. The second kappa shape index (κ2) is 7.86. The van der Waals surface area contributed by atoms with Crippen LogP contribution in [0.3, 0.4) is 0 Å². The standard InChI is InChI=1S/C18H29ClN2/c1-7-11-20-14(3)15-9-10-17(16(19)13-15)21(12-8-2)18(4,5)6/h8-10,13-14,20H,2,7,11-12H2,1,3-6H3. The van der Waals surface area contributed by atoms with Gasteiger partial charge in [-0.2, -0.15) is 0 Å². The van der Waals surface area contributed by atoms with E-state index in [4.69, 9.17) is 11.6 Å². The summed E-state index contributed by atoms with van der Waals surface area (Å²) >= 11 is 6.54. The predicted molar refractivity (Wildman–Crippen MR) is 95.5 cm³/mol. The van der Waals surface area contributed by atoms with Gasteiger partial charge in [-0.1, -0.05) is 30.7 Å². The summed E-state index contributed by atoms with van der Waals surface area (Å²) in [6.45, 7) is 16.6. The number of anilines is 1. The fraction of sp³-hybridized carbons (Fsp3) is 0.556. The number of nitrogens with zero attached hydrogens (tertiary/aromatic N) is 1. The van der Waals surface area contributed by atoms with E-state index in [2.05, 4.69) is 69.6 Å². The highest BCUT2D eigenvalue weighted by atomic mass is 35.5. The Kier molecular flexibility index (Phi) is 6.76. The minimum Gasteiger partial charge on any atom is -0.362 e. The van der Waals surface area contributed by atoms with Crippen molar-refractivity contribution in [3.63, 3.8) is 0 Å². The normalized spacial score (nSPS) is 13.0. The van der Waals surface area contributed by atoms with Gasteiger partial charge in [-0.15, -0.1) is 6.58 Å². The third-order valence-corrected chi connectivity index (χ3v) is 3.89. The van der Waals surface area contributed by atoms with Crippen molar-refractivity contribution in [2.24, 2.45) is 0 Å². The van der Waals surface area contributed by atoms with Gasteiger partial charge < -0.3 is 10.2 Å². The highest BCUT2D eigenvalue weighted by molar-refractivity contribution is 6.33. The van der Waals surface area contributed by atoms with Gasteiger partial charge in [0.1, 0.15) is 0 Å². The van der Waals surface area contributed by atoms with E-state index in [9.17, 15) is 0 Å². The summed E-state index contributed by atoms with van der Waals surface area (Å²) in [5.41, 5.74) is 2.30. The van der Waals surface area contributed by atoms with Crippen LogP contribution in [-0.4, -0.2) is 18.6 Å². The molecule has 0 amide bonds. The zero-order valence-corrected chi connectivity index (χ0v) is 14.8. The minimum atomic E-state index is 0.00538. The van der Waals surface area contributed by atoms with E-state index in [0.717, 1.165) is 30.2 Å². The Hall–Kier alpha value is -0.990. The molecule has 0 bridgehead atoms. The van der Waals surface area contributed by atoms with Crippen molar-refractivity contribution in [1.29, 1.82) is 0 Å². The first-order chi connectivity index (χ1) is 9.81. The zero-order valence-electron chi connectivity index (χ0n) is 14.0. The zero-order chi connectivity index (χ0) is 16.0. The number of rotatable bonds is 7. The van der Waals surface area contributed by atoms with Gasteiger partial charge in [0.05, 0.1) is 10.7 Å². The smallest absolute Gasteiger partial charge is 0.0643 e. The Balaban J connectivity index is 3.03. The van der Waals surface area contributed by atoms with E-state index in [1.807, 2.05) is 6.08 Å². The summed E-state index contributed by atoms with van der Waals surface area (Å²) in [7, 11) is 0. The molecule has 1 aromatic carbocycles. The van der Waals surface area contributed by atoms with E-state index in [0.29, 0.717) is 6.04 Å². The first-order valence-electron chi connectivity index (χ1n) is 7.72. The largest absolute Gasteiger partial charge is 0.362 e. The fourth-order valence-corrected chi connectivity index (χ4v) is 2.64. The van der Waals surface area contributed by atoms with Gasteiger partial charge in [-0.25, -0.2) is 0 Å². The second-order valence-corrected chi connectivity index (χ2v) is 6.86. The maximum absolute atomic E-state index is 6.54. The van der Waals surface area contributed by atoms with Crippen molar-refractivity contribution >= 4 is 17.3 Å². The van der Waals surface area contributed by atoms with Crippen LogP contribution in [-0.2, 0) is 0 Å². The molecule has 1 atom stereocenters. The van der Waals surface area contributed by atoms with Crippen molar-refractivity contribution in [1.82, 2.24) is 5.32 Å². The first kappa shape index (κ1) is 18.1. The molecule has 3 heteroatoms. The lowest BCUT2D eigenvalue weighted by molar-refractivity contribution is 0.522. The summed E-state index contributed by atoms with van der Waals surface area (Å²) in [6.07, 6.45) is 3.05. The van der Waals surface area contributed by atoms with E-state index in [-0.39, 0.29) is 5.54 Å². The van der Waals surface area contributed by atoms with Crippen LogP contribution in [0.5, 0.6) is 0 Å². The molecule has 0 fully saturated rings. The van der Waals surface area contributed by atoms with Crippen LogP contribution < -0.4 is 10.2 Å². The minimum absolute atomic E-state index is 0.00538. The maximum Gasteiger partial charge on any atom is 0.0643 e. The lowest BCUT2D eigenvalue weighted by Crippen LogP contribution is -2.41. The van der Waals surface area contributed by atoms with Crippen LogP contribution in [0.1, 0.15) is 52.6 Å². The molecule has 0 aliphatic rings. The molecular weight excluding hydrogens is 280 g/mol. The summed E-state index contributed by atoms with van der Waals surface area (Å²) in [5, 5.41) is 4.29. The monoisotopic (exact) mass is 308 g/mol. The van der Waals surface area contributed by atoms with E-state index in [1.165, 1.54) is 5.56 Å². The Morgan fingerprint density at radius 3 is 2.52 bits per heavy atom. The molecule has 1 N–H and O–H groups in total. The van der Waals surface area contributed by atoms with Gasteiger partial charge in [-0.3, -0.25) is 0 Å². The molecule has 21 heavy (non-hydrogen) atoms. The Morgan fingerprint density at radius 1 is 1.38 bits per heavy atom. The van der Waals surface area contributed by atoms with Gasteiger partial charge in [0.15, 0.2) is 0 Å². The number of nitrogens with one attached hydrogen (secondary N) is 1. The lowest BCUT2D eigenvalue weighted by Gasteiger charge is -2.37. The van der Waals surface area contributed by atoms with Gasteiger partial charge in [0.25, 0.3) is 0 Å². The predicted octanol–water partition coefficient (Wildman–Crippen LogP) is 5.19. The van der Waals surface area contributed by atoms with Crippen molar-refractivity contribution < 1.29 is 0 Å². The summed E-state index contributed by atoms with van der Waals surface area (Å²) in [4.78, 5) is 2.27.